The third-order valence-electron chi connectivity index (χ3n) is 6.39. The first-order valence-corrected chi connectivity index (χ1v) is 16.9. The molecule has 2 heterocycles. The van der Waals surface area contributed by atoms with Gasteiger partial charge in [-0.15, -0.1) is 27.8 Å². The topological polar surface area (TPSA) is 177 Å². The monoisotopic (exact) mass is 695 g/mol. The molecule has 0 atom stereocenters. The van der Waals surface area contributed by atoms with E-state index >= 15 is 0 Å². The van der Waals surface area contributed by atoms with Crippen molar-refractivity contribution in [1.82, 2.24) is 9.97 Å². The average Bonchev–Trinajstić information content (AvgIpc) is 3.56. The van der Waals surface area contributed by atoms with Gasteiger partial charge in [0.2, 0.25) is 0 Å². The molecule has 0 spiro atoms. The smallest absolute Gasteiger partial charge is 0.744 e. The summed E-state index contributed by atoms with van der Waals surface area (Å²) in [5.74, 6) is 0. The SMILES string of the molecule is Cc1ccc2nc(-c3ccc(N=NNc4ccc(-c5nc6ccc(C)cc6s5)cc4S(=O)(=O)[O-])c(S(=O)(=O)[O-])c3)sc2c1.[Na+].[Na+]. The minimum absolute atomic E-state index is 0. The maximum atomic E-state index is 12.1. The Morgan fingerprint density at radius 1 is 0.667 bits per heavy atom. The Balaban J connectivity index is 0.00000230. The minimum atomic E-state index is -4.98. The zero-order valence-corrected chi connectivity index (χ0v) is 31.6. The van der Waals surface area contributed by atoms with E-state index in [2.05, 4.69) is 25.7 Å². The predicted octanol–water partition coefficient (Wildman–Crippen LogP) is 0.784. The van der Waals surface area contributed by atoms with Crippen LogP contribution in [0.4, 0.5) is 11.4 Å². The van der Waals surface area contributed by atoms with Crippen LogP contribution in [0.5, 0.6) is 0 Å². The molecule has 0 aliphatic carbocycles. The van der Waals surface area contributed by atoms with E-state index < -0.39 is 30.0 Å². The quantitative estimate of drug-likeness (QED) is 0.109. The van der Waals surface area contributed by atoms with Crippen LogP contribution >= 0.6 is 22.7 Å². The molecule has 1 N–H and O–H groups in total. The maximum Gasteiger partial charge on any atom is 1.00 e. The molecule has 0 saturated heterocycles. The molecule has 0 amide bonds. The molecule has 218 valence electrons. The fourth-order valence-electron chi connectivity index (χ4n) is 4.33. The first-order valence-electron chi connectivity index (χ1n) is 12.5. The van der Waals surface area contributed by atoms with E-state index in [0.717, 1.165) is 31.6 Å². The number of anilines is 1. The largest absolute Gasteiger partial charge is 1.00 e. The van der Waals surface area contributed by atoms with E-state index in [-0.39, 0.29) is 70.5 Å². The number of aryl methyl sites for hydroxylation is 2. The Hall–Kier alpha value is -2.12. The number of rotatable bonds is 7. The van der Waals surface area contributed by atoms with Crippen LogP contribution in [-0.4, -0.2) is 35.9 Å². The van der Waals surface area contributed by atoms with Crippen molar-refractivity contribution in [3.05, 3.63) is 83.9 Å². The van der Waals surface area contributed by atoms with Crippen LogP contribution < -0.4 is 64.5 Å². The van der Waals surface area contributed by atoms with Gasteiger partial charge in [0, 0.05) is 11.1 Å². The summed E-state index contributed by atoms with van der Waals surface area (Å²) >= 11 is 2.69. The van der Waals surface area contributed by atoms with Crippen LogP contribution in [0.25, 0.3) is 41.6 Å². The Morgan fingerprint density at radius 2 is 1.16 bits per heavy atom. The van der Waals surface area contributed by atoms with Gasteiger partial charge in [-0.25, -0.2) is 26.8 Å². The van der Waals surface area contributed by atoms with Crippen LogP contribution in [0.3, 0.4) is 0 Å². The van der Waals surface area contributed by atoms with E-state index in [1.54, 1.807) is 12.1 Å². The van der Waals surface area contributed by atoms with Crippen molar-refractivity contribution in [2.75, 3.05) is 5.43 Å². The zero-order valence-electron chi connectivity index (χ0n) is 24.3. The summed E-state index contributed by atoms with van der Waals surface area (Å²) in [7, 11) is -9.95. The van der Waals surface area contributed by atoms with E-state index in [0.29, 0.717) is 21.1 Å². The first-order chi connectivity index (χ1) is 20.3. The molecule has 17 heteroatoms. The van der Waals surface area contributed by atoms with Gasteiger partial charge < -0.3 is 9.11 Å². The van der Waals surface area contributed by atoms with Crippen molar-refractivity contribution in [2.45, 2.75) is 23.6 Å². The summed E-state index contributed by atoms with van der Waals surface area (Å²) in [6, 6.07) is 19.6. The molecule has 0 radical (unpaired) electrons. The van der Waals surface area contributed by atoms with E-state index in [1.807, 2.05) is 50.2 Å². The number of thiazole rings is 2. The molecule has 0 bridgehead atoms. The van der Waals surface area contributed by atoms with Gasteiger partial charge in [0.15, 0.2) is 0 Å². The Kier molecular flexibility index (Phi) is 11.1. The van der Waals surface area contributed by atoms with Crippen LogP contribution in [0.15, 0.2) is 92.9 Å². The van der Waals surface area contributed by atoms with Crippen molar-refractivity contribution < 1.29 is 85.1 Å². The fourth-order valence-corrected chi connectivity index (χ4v) is 7.74. The van der Waals surface area contributed by atoms with Gasteiger partial charge in [-0.05, 0) is 85.6 Å². The van der Waals surface area contributed by atoms with Crippen molar-refractivity contribution in [3.63, 3.8) is 0 Å². The number of nitrogens with one attached hydrogen (secondary N) is 1. The molecule has 2 aromatic heterocycles. The minimum Gasteiger partial charge on any atom is -0.744 e. The summed E-state index contributed by atoms with van der Waals surface area (Å²) in [6.07, 6.45) is 0. The second-order valence-electron chi connectivity index (χ2n) is 9.59. The molecule has 0 aliphatic rings. The number of benzene rings is 4. The molecular weight excluding hydrogens is 677 g/mol. The summed E-state index contributed by atoms with van der Waals surface area (Å²) < 4.78 is 74.5. The van der Waals surface area contributed by atoms with Gasteiger partial charge in [0.25, 0.3) is 0 Å². The molecule has 0 fully saturated rings. The average molecular weight is 696 g/mol. The van der Waals surface area contributed by atoms with Crippen molar-refractivity contribution in [1.29, 1.82) is 0 Å². The third kappa shape index (κ3) is 7.89. The van der Waals surface area contributed by atoms with Crippen LogP contribution in [0.2, 0.25) is 0 Å². The molecule has 4 aromatic carbocycles. The van der Waals surface area contributed by atoms with Crippen molar-refractivity contribution >= 4 is 74.7 Å². The van der Waals surface area contributed by atoms with Crippen LogP contribution in [0.1, 0.15) is 11.1 Å². The number of hydrogen-bond acceptors (Lipinski definition) is 12. The number of aromatic nitrogens is 2. The van der Waals surface area contributed by atoms with E-state index in [1.165, 1.54) is 46.9 Å². The second kappa shape index (κ2) is 13.9. The molecule has 6 rings (SSSR count). The van der Waals surface area contributed by atoms with E-state index in [9.17, 15) is 25.9 Å². The van der Waals surface area contributed by atoms with Gasteiger partial charge in [-0.1, -0.05) is 17.4 Å². The number of fused-ring (bicyclic) bond motifs is 2. The third-order valence-corrected chi connectivity index (χ3v) is 10.3. The standard InChI is InChI=1S/C28H21N5O6S4.2Na/c1-15-3-7-19-23(11-15)40-27(29-19)17-5-9-21(25(13-17)42(34,35)36)31-33-32-22-10-6-18(14-26(22)43(37,38)39)28-30-20-8-4-16(2)12-24(20)41-28;;/h3-14H,1-2H3,(H,31,32)(H,34,35,36)(H,37,38,39);;/q;2*+1/p-2. The van der Waals surface area contributed by atoms with E-state index in [4.69, 9.17) is 0 Å². The Morgan fingerprint density at radius 3 is 1.67 bits per heavy atom. The molecule has 45 heavy (non-hydrogen) atoms. The molecule has 11 nitrogen and oxygen atoms in total. The van der Waals surface area contributed by atoms with Crippen LogP contribution in [-0.2, 0) is 20.2 Å². The zero-order chi connectivity index (χ0) is 30.5. The number of hydrogen-bond donors (Lipinski definition) is 1. The van der Waals surface area contributed by atoms with Gasteiger partial charge in [-0.3, -0.25) is 5.43 Å². The molecule has 6 aromatic rings. The fraction of sp³-hybridized carbons (Fsp3) is 0.0714. The molecule has 0 saturated carbocycles. The normalized spacial score (nSPS) is 11.9. The van der Waals surface area contributed by atoms with Gasteiger partial charge in [0.05, 0.1) is 35.9 Å². The van der Waals surface area contributed by atoms with Crippen LogP contribution in [0, 0.1) is 13.8 Å². The summed E-state index contributed by atoms with van der Waals surface area (Å²) in [6.45, 7) is 3.89. The van der Waals surface area contributed by atoms with Gasteiger partial charge in [-0.2, -0.15) is 0 Å². The maximum absolute atomic E-state index is 12.1. The first kappa shape index (κ1) is 35.7. The summed E-state index contributed by atoms with van der Waals surface area (Å²) in [4.78, 5) is 7.81. The molecular formula is C28H19N5Na2O6S4. The molecule has 0 unspecified atom stereocenters. The number of nitrogens with zero attached hydrogens (tertiary/aromatic N) is 4. The Labute approximate surface area is 310 Å². The molecule has 0 aliphatic heterocycles. The van der Waals surface area contributed by atoms with Crippen molar-refractivity contribution in [2.24, 2.45) is 10.3 Å². The second-order valence-corrected chi connectivity index (χ2v) is 14.4. The Bertz CT molecular complexity index is 2320. The predicted molar refractivity (Wildman–Crippen MR) is 164 cm³/mol. The van der Waals surface area contributed by atoms with Crippen molar-refractivity contribution in [3.8, 4) is 21.1 Å². The van der Waals surface area contributed by atoms with Gasteiger partial charge >= 0.3 is 59.1 Å². The van der Waals surface area contributed by atoms with Gasteiger partial charge in [0.1, 0.15) is 35.9 Å². The summed E-state index contributed by atoms with van der Waals surface area (Å²) in [5, 5.41) is 8.54. The summed E-state index contributed by atoms with van der Waals surface area (Å²) in [5.41, 5.74) is 6.29.